The average molecular weight is 371 g/mol. The highest BCUT2D eigenvalue weighted by molar-refractivity contribution is 6.30. The summed E-state index contributed by atoms with van der Waals surface area (Å²) >= 11 is 6.17. The monoisotopic (exact) mass is 370 g/mol. The van der Waals surface area contributed by atoms with Crippen LogP contribution in [0.2, 0.25) is 5.02 Å². The zero-order chi connectivity index (χ0) is 18.1. The van der Waals surface area contributed by atoms with Crippen LogP contribution in [-0.2, 0) is 6.54 Å². The molecule has 0 bridgehead atoms. The summed E-state index contributed by atoms with van der Waals surface area (Å²) in [7, 11) is 0. The van der Waals surface area contributed by atoms with Crippen molar-refractivity contribution in [1.29, 1.82) is 0 Å². The number of pyridine rings is 1. The first-order valence-electron chi connectivity index (χ1n) is 8.84. The van der Waals surface area contributed by atoms with Crippen molar-refractivity contribution < 1.29 is 9.50 Å². The summed E-state index contributed by atoms with van der Waals surface area (Å²) in [5.41, 5.74) is 3.41. The van der Waals surface area contributed by atoms with Crippen LogP contribution in [0.15, 0.2) is 48.5 Å². The van der Waals surface area contributed by atoms with E-state index < -0.39 is 0 Å². The lowest BCUT2D eigenvalue weighted by Crippen LogP contribution is -2.37. The minimum atomic E-state index is -0.297. The highest BCUT2D eigenvalue weighted by Gasteiger charge is 2.20. The number of likely N-dealkylation sites (tertiary alicyclic amines) is 1. The topological polar surface area (TPSA) is 36.4 Å². The van der Waals surface area contributed by atoms with E-state index in [4.69, 9.17) is 16.6 Å². The van der Waals surface area contributed by atoms with Crippen molar-refractivity contribution >= 4 is 22.5 Å². The lowest BCUT2D eigenvalue weighted by Gasteiger charge is -2.30. The molecule has 0 radical (unpaired) electrons. The number of aromatic nitrogens is 1. The zero-order valence-corrected chi connectivity index (χ0v) is 15.1. The van der Waals surface area contributed by atoms with E-state index in [-0.39, 0.29) is 11.9 Å². The van der Waals surface area contributed by atoms with Gasteiger partial charge in [0, 0.05) is 35.1 Å². The molecule has 4 rings (SSSR count). The van der Waals surface area contributed by atoms with Gasteiger partial charge in [-0.05, 0) is 55.3 Å². The Balaban J connectivity index is 1.80. The summed E-state index contributed by atoms with van der Waals surface area (Å²) in [6, 6.07) is 14.3. The molecule has 1 atom stereocenters. The number of piperidine rings is 1. The number of rotatable bonds is 3. The second kappa shape index (κ2) is 7.31. The number of halogens is 2. The van der Waals surface area contributed by atoms with Crippen LogP contribution < -0.4 is 0 Å². The van der Waals surface area contributed by atoms with Crippen molar-refractivity contribution in [2.45, 2.75) is 25.5 Å². The summed E-state index contributed by atoms with van der Waals surface area (Å²) in [4.78, 5) is 6.99. The number of β-amino-alcohol motifs (C(OH)–C–C–N with tert-alkyl or cyclic N) is 1. The Hall–Kier alpha value is -2.01. The molecule has 1 aromatic heterocycles. The van der Waals surface area contributed by atoms with Gasteiger partial charge in [0.1, 0.15) is 5.82 Å². The molecule has 2 heterocycles. The Kier molecular flexibility index (Phi) is 4.90. The molecule has 0 saturated carbocycles. The summed E-state index contributed by atoms with van der Waals surface area (Å²) in [6.45, 7) is 2.31. The van der Waals surface area contributed by atoms with Gasteiger partial charge >= 0.3 is 0 Å². The second-order valence-corrected chi connectivity index (χ2v) is 7.31. The van der Waals surface area contributed by atoms with Crippen molar-refractivity contribution in [3.05, 3.63) is 64.9 Å². The molecule has 0 unspecified atom stereocenters. The fraction of sp³-hybridized carbons (Fsp3) is 0.286. The molecule has 0 aliphatic carbocycles. The van der Waals surface area contributed by atoms with Crippen molar-refractivity contribution in [2.24, 2.45) is 0 Å². The SMILES string of the molecule is O[C@H]1CCCN(Cc2cc3ccc(F)cc3nc2-c2cccc(Cl)c2)C1. The van der Waals surface area contributed by atoms with Crippen molar-refractivity contribution in [3.8, 4) is 11.3 Å². The fourth-order valence-corrected chi connectivity index (χ4v) is 3.80. The first-order valence-corrected chi connectivity index (χ1v) is 9.22. The summed E-state index contributed by atoms with van der Waals surface area (Å²) in [5, 5.41) is 11.5. The standard InChI is InChI=1S/C21H20ClFN2O/c22-17-4-1-3-15(10-17)21-16(12-25-8-2-5-19(26)13-25)9-14-6-7-18(23)11-20(14)24-21/h1,3-4,6-7,9-11,19,26H,2,5,8,12-13H2/t19-/m0/s1. The van der Waals surface area contributed by atoms with Gasteiger partial charge in [-0.1, -0.05) is 23.7 Å². The molecule has 3 nitrogen and oxygen atoms in total. The zero-order valence-electron chi connectivity index (χ0n) is 14.3. The van der Waals surface area contributed by atoms with E-state index in [0.29, 0.717) is 23.6 Å². The molecule has 134 valence electrons. The molecule has 1 aliphatic rings. The Morgan fingerprint density at radius 3 is 2.88 bits per heavy atom. The number of benzene rings is 2. The molecule has 2 aromatic carbocycles. The van der Waals surface area contributed by atoms with E-state index in [1.807, 2.05) is 24.3 Å². The van der Waals surface area contributed by atoms with Crippen molar-refractivity contribution in [3.63, 3.8) is 0 Å². The highest BCUT2D eigenvalue weighted by Crippen LogP contribution is 2.29. The molecule has 26 heavy (non-hydrogen) atoms. The largest absolute Gasteiger partial charge is 0.392 e. The second-order valence-electron chi connectivity index (χ2n) is 6.87. The molecule has 0 amide bonds. The maximum atomic E-state index is 13.7. The third-order valence-corrected chi connectivity index (χ3v) is 5.07. The van der Waals surface area contributed by atoms with Crippen molar-refractivity contribution in [2.75, 3.05) is 13.1 Å². The van der Waals surface area contributed by atoms with Crippen LogP contribution >= 0.6 is 11.6 Å². The number of hydrogen-bond acceptors (Lipinski definition) is 3. The van der Waals surface area contributed by atoms with Crippen LogP contribution in [0.5, 0.6) is 0 Å². The van der Waals surface area contributed by atoms with Gasteiger partial charge in [-0.25, -0.2) is 9.37 Å². The first-order chi connectivity index (χ1) is 12.6. The van der Waals surface area contributed by atoms with Crippen LogP contribution in [0, 0.1) is 5.82 Å². The molecular formula is C21H20ClFN2O. The molecule has 1 fully saturated rings. The number of hydrogen-bond donors (Lipinski definition) is 1. The Labute approximate surface area is 157 Å². The van der Waals surface area contributed by atoms with Gasteiger partial charge < -0.3 is 5.11 Å². The highest BCUT2D eigenvalue weighted by atomic mass is 35.5. The first kappa shape index (κ1) is 17.4. The number of aliphatic hydroxyl groups is 1. The van der Waals surface area contributed by atoms with Crippen LogP contribution in [0.25, 0.3) is 22.2 Å². The van der Waals surface area contributed by atoms with E-state index in [1.165, 1.54) is 12.1 Å². The van der Waals surface area contributed by atoms with E-state index >= 15 is 0 Å². The van der Waals surface area contributed by atoms with Crippen LogP contribution in [0.4, 0.5) is 4.39 Å². The lowest BCUT2D eigenvalue weighted by molar-refractivity contribution is 0.0669. The van der Waals surface area contributed by atoms with Gasteiger partial charge in [0.2, 0.25) is 0 Å². The molecule has 5 heteroatoms. The summed E-state index contributed by atoms with van der Waals surface area (Å²) in [6.07, 6.45) is 1.56. The maximum Gasteiger partial charge on any atom is 0.125 e. The smallest absolute Gasteiger partial charge is 0.125 e. The van der Waals surface area contributed by atoms with Gasteiger partial charge in [0.25, 0.3) is 0 Å². The molecule has 1 saturated heterocycles. The predicted octanol–water partition coefficient (Wildman–Crippen LogP) is 4.65. The molecule has 3 aromatic rings. The van der Waals surface area contributed by atoms with Crippen molar-refractivity contribution in [1.82, 2.24) is 9.88 Å². The van der Waals surface area contributed by atoms with E-state index in [1.54, 1.807) is 6.07 Å². The quantitative estimate of drug-likeness (QED) is 0.729. The summed E-state index contributed by atoms with van der Waals surface area (Å²) in [5.74, 6) is -0.297. The average Bonchev–Trinajstić information content (AvgIpc) is 2.61. The van der Waals surface area contributed by atoms with Crippen LogP contribution in [0.3, 0.4) is 0 Å². The van der Waals surface area contributed by atoms with E-state index in [9.17, 15) is 9.50 Å². The third kappa shape index (κ3) is 3.73. The molecule has 1 N–H and O–H groups in total. The number of aliphatic hydroxyl groups excluding tert-OH is 1. The number of fused-ring (bicyclic) bond motifs is 1. The lowest BCUT2D eigenvalue weighted by atomic mass is 10.0. The minimum absolute atomic E-state index is 0.277. The van der Waals surface area contributed by atoms with E-state index in [2.05, 4.69) is 11.0 Å². The van der Waals surface area contributed by atoms with Gasteiger partial charge in [-0.2, -0.15) is 0 Å². The predicted molar refractivity (Wildman–Crippen MR) is 103 cm³/mol. The van der Waals surface area contributed by atoms with Gasteiger partial charge in [0.05, 0.1) is 17.3 Å². The van der Waals surface area contributed by atoms with Gasteiger partial charge in [-0.15, -0.1) is 0 Å². The van der Waals surface area contributed by atoms with Crippen LogP contribution in [0.1, 0.15) is 18.4 Å². The maximum absolute atomic E-state index is 13.7. The third-order valence-electron chi connectivity index (χ3n) is 4.83. The molecule has 1 aliphatic heterocycles. The number of nitrogens with zero attached hydrogens (tertiary/aromatic N) is 2. The van der Waals surface area contributed by atoms with Crippen LogP contribution in [-0.4, -0.2) is 34.2 Å². The molecular weight excluding hydrogens is 351 g/mol. The minimum Gasteiger partial charge on any atom is -0.392 e. The van der Waals surface area contributed by atoms with Gasteiger partial charge in [0.15, 0.2) is 0 Å². The molecule has 0 spiro atoms. The van der Waals surface area contributed by atoms with Gasteiger partial charge in [-0.3, -0.25) is 4.90 Å². The summed E-state index contributed by atoms with van der Waals surface area (Å²) < 4.78 is 13.7. The Bertz CT molecular complexity index is 946. The van der Waals surface area contributed by atoms with E-state index in [0.717, 1.165) is 41.6 Å². The fourth-order valence-electron chi connectivity index (χ4n) is 3.61. The Morgan fingerprint density at radius 2 is 2.08 bits per heavy atom. The normalized spacial score (nSPS) is 18.3. The Morgan fingerprint density at radius 1 is 1.19 bits per heavy atom.